The van der Waals surface area contributed by atoms with E-state index in [1.165, 1.54) is 23.0 Å². The highest BCUT2D eigenvalue weighted by Gasteiger charge is 1.99. The highest BCUT2D eigenvalue weighted by Crippen LogP contribution is 1.85. The Bertz CT molecular complexity index is 182. The van der Waals surface area contributed by atoms with E-state index in [-0.39, 0.29) is 13.2 Å². The van der Waals surface area contributed by atoms with Gasteiger partial charge in [0.05, 0.1) is 6.54 Å². The van der Waals surface area contributed by atoms with Gasteiger partial charge in [0.15, 0.2) is 23.0 Å². The molecule has 0 bridgehead atoms. The van der Waals surface area contributed by atoms with Crippen LogP contribution in [0, 0.1) is 0 Å². The van der Waals surface area contributed by atoms with Crippen LogP contribution in [0.15, 0.2) is 12.7 Å². The molecule has 0 aliphatic rings. The van der Waals surface area contributed by atoms with Crippen LogP contribution in [0.25, 0.3) is 0 Å². The fourth-order valence-electron chi connectivity index (χ4n) is 0.391. The van der Waals surface area contributed by atoms with Gasteiger partial charge >= 0.3 is 12.1 Å². The Labute approximate surface area is 83.8 Å². The molecule has 6 heteroatoms. The van der Waals surface area contributed by atoms with Gasteiger partial charge in [0, 0.05) is 6.08 Å². The highest BCUT2D eigenvalue weighted by atomic mass is 127. The summed E-state index contributed by atoms with van der Waals surface area (Å²) in [6, 6.07) is 0. The zero-order chi connectivity index (χ0) is 9.40. The Balaban J connectivity index is 3.27. The van der Waals surface area contributed by atoms with Crippen molar-refractivity contribution in [2.24, 2.45) is 0 Å². The summed E-state index contributed by atoms with van der Waals surface area (Å²) >= 11 is 1.45. The Morgan fingerprint density at radius 1 is 1.58 bits per heavy atom. The summed E-state index contributed by atoms with van der Waals surface area (Å²) in [6.45, 7) is 3.53. The number of hydrogen-bond donors (Lipinski definition) is 1. The van der Waals surface area contributed by atoms with Crippen molar-refractivity contribution in [2.45, 2.75) is 0 Å². The number of carbonyl (C=O) groups is 2. The predicted molar refractivity (Wildman–Crippen MR) is 49.7 cm³/mol. The Morgan fingerprint density at radius 2 is 2.25 bits per heavy atom. The molecule has 0 aromatic heterocycles. The first-order chi connectivity index (χ1) is 5.70. The van der Waals surface area contributed by atoms with Crippen LogP contribution in [-0.2, 0) is 12.6 Å². The number of ether oxygens (including phenoxy) is 1. The molecule has 0 rings (SSSR count). The number of halogens is 1. The Morgan fingerprint density at radius 3 is 2.75 bits per heavy atom. The van der Waals surface area contributed by atoms with Gasteiger partial charge in [-0.1, -0.05) is 6.58 Å². The van der Waals surface area contributed by atoms with Crippen molar-refractivity contribution in [1.29, 1.82) is 0 Å². The van der Waals surface area contributed by atoms with Crippen molar-refractivity contribution in [3.8, 4) is 0 Å². The molecule has 0 fully saturated rings. The molecule has 0 aromatic rings. The molecule has 0 saturated carbocycles. The van der Waals surface area contributed by atoms with Crippen molar-refractivity contribution in [3.63, 3.8) is 0 Å². The first-order valence-corrected chi connectivity index (χ1v) is 3.94. The lowest BCUT2D eigenvalue weighted by Gasteiger charge is -2.01. The van der Waals surface area contributed by atoms with E-state index in [2.05, 4.69) is 19.7 Å². The van der Waals surface area contributed by atoms with Gasteiger partial charge in [-0.05, 0) is 0 Å². The number of amides is 1. The molecule has 0 unspecified atom stereocenters. The number of carbonyl (C=O) groups excluding carboxylic acids is 2. The summed E-state index contributed by atoms with van der Waals surface area (Å²) in [6.07, 6.45) is 0.488. The topological polar surface area (TPSA) is 64.6 Å². The molecule has 0 aliphatic carbocycles. The van der Waals surface area contributed by atoms with Crippen LogP contribution in [0.4, 0.5) is 4.79 Å². The first kappa shape index (κ1) is 11.2. The average Bonchev–Trinajstić information content (AvgIpc) is 2.11. The molecule has 68 valence electrons. The van der Waals surface area contributed by atoms with Crippen molar-refractivity contribution < 1.29 is 17.4 Å². The second kappa shape index (κ2) is 6.89. The van der Waals surface area contributed by atoms with Crippen LogP contribution in [0.3, 0.4) is 0 Å². The zero-order valence-electron chi connectivity index (χ0n) is 6.21. The Hall–Kier alpha value is -0.790. The number of esters is 1. The summed E-state index contributed by atoms with van der Waals surface area (Å²) in [5, 5.41) is 2.33. The van der Waals surface area contributed by atoms with Crippen LogP contribution >= 0.6 is 23.0 Å². The predicted octanol–water partition coefficient (Wildman–Crippen LogP) is 0.792. The fraction of sp³-hybridized carbons (Fsp3) is 0.333. The smallest absolute Gasteiger partial charge is 0.416 e. The second-order valence-electron chi connectivity index (χ2n) is 1.66. The van der Waals surface area contributed by atoms with Gasteiger partial charge in [-0.3, -0.25) is 0 Å². The molecule has 1 N–H and O–H groups in total. The quantitative estimate of drug-likeness (QED) is 0.359. The summed E-state index contributed by atoms with van der Waals surface area (Å²) in [4.78, 5) is 20.9. The normalized spacial score (nSPS) is 8.42. The third-order valence-corrected chi connectivity index (χ3v) is 1.25. The van der Waals surface area contributed by atoms with E-state index in [1.54, 1.807) is 0 Å². The fourth-order valence-corrected chi connectivity index (χ4v) is 0.547. The maximum atomic E-state index is 10.4. The zero-order valence-corrected chi connectivity index (χ0v) is 8.37. The van der Waals surface area contributed by atoms with Crippen molar-refractivity contribution in [2.75, 3.05) is 13.2 Å². The molecule has 12 heavy (non-hydrogen) atoms. The third kappa shape index (κ3) is 5.96. The monoisotopic (exact) mass is 285 g/mol. The van der Waals surface area contributed by atoms with Gasteiger partial charge in [0.2, 0.25) is 0 Å². The maximum absolute atomic E-state index is 10.4. The van der Waals surface area contributed by atoms with E-state index in [0.717, 1.165) is 6.08 Å². The summed E-state index contributed by atoms with van der Waals surface area (Å²) in [7, 11) is 0. The molecule has 0 heterocycles. The molecule has 0 aliphatic heterocycles. The molecule has 0 radical (unpaired) electrons. The second-order valence-corrected chi connectivity index (χ2v) is 2.10. The molecule has 0 saturated heterocycles. The van der Waals surface area contributed by atoms with Gasteiger partial charge in [-0.2, -0.15) is 0 Å². The summed E-state index contributed by atoms with van der Waals surface area (Å²) in [5.41, 5.74) is 0. The van der Waals surface area contributed by atoms with Crippen LogP contribution < -0.4 is 5.32 Å². The Kier molecular flexibility index (Phi) is 6.44. The standard InChI is InChI=1S/C6H8INO4/c1-2-5(9)11-4-3-8-6(10)12-7/h2H,1,3-4H2,(H,8,10). The third-order valence-electron chi connectivity index (χ3n) is 0.852. The largest absolute Gasteiger partial charge is 0.461 e. The van der Waals surface area contributed by atoms with E-state index in [4.69, 9.17) is 0 Å². The van der Waals surface area contributed by atoms with Crippen molar-refractivity contribution in [1.82, 2.24) is 5.32 Å². The first-order valence-electron chi connectivity index (χ1n) is 3.06. The molecule has 5 nitrogen and oxygen atoms in total. The van der Waals surface area contributed by atoms with Gasteiger partial charge in [-0.25, -0.2) is 9.59 Å². The van der Waals surface area contributed by atoms with E-state index < -0.39 is 12.1 Å². The lowest BCUT2D eigenvalue weighted by Crippen LogP contribution is -2.26. The van der Waals surface area contributed by atoms with Gasteiger partial charge in [0.25, 0.3) is 0 Å². The average molecular weight is 285 g/mol. The van der Waals surface area contributed by atoms with Crippen LogP contribution in [-0.4, -0.2) is 25.2 Å². The van der Waals surface area contributed by atoms with E-state index >= 15 is 0 Å². The minimum absolute atomic E-state index is 0.108. The van der Waals surface area contributed by atoms with Gasteiger partial charge in [0.1, 0.15) is 6.61 Å². The highest BCUT2D eigenvalue weighted by molar-refractivity contribution is 14.1. The lowest BCUT2D eigenvalue weighted by atomic mass is 10.6. The van der Waals surface area contributed by atoms with E-state index in [1.807, 2.05) is 0 Å². The molecule has 0 aromatic carbocycles. The maximum Gasteiger partial charge on any atom is 0.416 e. The number of nitrogens with one attached hydrogen (secondary N) is 1. The number of hydrogen-bond acceptors (Lipinski definition) is 4. The van der Waals surface area contributed by atoms with Crippen LogP contribution in [0.1, 0.15) is 0 Å². The minimum atomic E-state index is -0.565. The molecular formula is C6H8INO4. The lowest BCUT2D eigenvalue weighted by molar-refractivity contribution is -0.137. The summed E-state index contributed by atoms with van der Waals surface area (Å²) in [5.74, 6) is -0.514. The molecule has 0 spiro atoms. The molecule has 1 amide bonds. The number of rotatable bonds is 4. The van der Waals surface area contributed by atoms with Gasteiger partial charge < -0.3 is 13.1 Å². The van der Waals surface area contributed by atoms with Crippen molar-refractivity contribution >= 4 is 35.1 Å². The van der Waals surface area contributed by atoms with E-state index in [0.29, 0.717) is 0 Å². The SMILES string of the molecule is C=CC(=O)OCCNC(=O)OI. The minimum Gasteiger partial charge on any atom is -0.461 e. The van der Waals surface area contributed by atoms with Crippen LogP contribution in [0.5, 0.6) is 0 Å². The van der Waals surface area contributed by atoms with Crippen molar-refractivity contribution in [3.05, 3.63) is 12.7 Å². The summed E-state index contributed by atoms with van der Waals surface area (Å²) < 4.78 is 8.80. The molecular weight excluding hydrogens is 277 g/mol. The van der Waals surface area contributed by atoms with Gasteiger partial charge in [-0.15, -0.1) is 0 Å². The van der Waals surface area contributed by atoms with Crippen LogP contribution in [0.2, 0.25) is 0 Å². The molecule has 0 atom stereocenters. The van der Waals surface area contributed by atoms with E-state index in [9.17, 15) is 9.59 Å².